The molecule has 0 unspecified atom stereocenters. The van der Waals surface area contributed by atoms with Crippen molar-refractivity contribution in [1.29, 1.82) is 0 Å². The minimum Gasteiger partial charge on any atom is -0.506 e. The Bertz CT molecular complexity index is 501. The summed E-state index contributed by atoms with van der Waals surface area (Å²) >= 11 is 4.15. The molecule has 1 aliphatic rings. The quantitative estimate of drug-likeness (QED) is 0.645. The first kappa shape index (κ1) is 15.3. The first-order valence-corrected chi connectivity index (χ1v) is 8.15. The lowest BCUT2D eigenvalue weighted by molar-refractivity contribution is 0.0264. The highest BCUT2D eigenvalue weighted by atomic mass is 127. The van der Waals surface area contributed by atoms with Gasteiger partial charge < -0.3 is 15.1 Å². The molecule has 1 aromatic carbocycles. The zero-order valence-corrected chi connectivity index (χ0v) is 14.8. The Balaban J connectivity index is 2.10. The van der Waals surface area contributed by atoms with Crippen LogP contribution in [-0.4, -0.2) is 40.7 Å². The van der Waals surface area contributed by atoms with Crippen LogP contribution < -0.4 is 0 Å². The van der Waals surface area contributed by atoms with Gasteiger partial charge in [-0.25, -0.2) is 0 Å². The van der Waals surface area contributed by atoms with Gasteiger partial charge in [0.05, 0.1) is 15.2 Å². The van der Waals surface area contributed by atoms with Crippen LogP contribution >= 0.6 is 45.2 Å². The summed E-state index contributed by atoms with van der Waals surface area (Å²) in [6.45, 7) is 0.622. The van der Waals surface area contributed by atoms with Crippen molar-refractivity contribution in [3.8, 4) is 5.75 Å². The average molecular weight is 487 g/mol. The van der Waals surface area contributed by atoms with Gasteiger partial charge in [0.25, 0.3) is 5.91 Å². The number of rotatable bonds is 3. The van der Waals surface area contributed by atoms with Crippen LogP contribution in [0.1, 0.15) is 23.2 Å². The molecular weight excluding hydrogens is 472 g/mol. The SMILES string of the molecule is CN(CC1CC(O)C1)C(=O)c1cc(I)cc(I)c1O. The molecular formula is C13H15I2NO3. The number of amides is 1. The van der Waals surface area contributed by atoms with Gasteiger partial charge in [0.2, 0.25) is 0 Å². The first-order chi connectivity index (χ1) is 8.88. The van der Waals surface area contributed by atoms with Gasteiger partial charge in [-0.15, -0.1) is 0 Å². The van der Waals surface area contributed by atoms with E-state index in [9.17, 15) is 15.0 Å². The van der Waals surface area contributed by atoms with Crippen molar-refractivity contribution in [2.45, 2.75) is 18.9 Å². The van der Waals surface area contributed by atoms with Gasteiger partial charge in [-0.3, -0.25) is 4.79 Å². The molecule has 4 nitrogen and oxygen atoms in total. The molecule has 0 spiro atoms. The van der Waals surface area contributed by atoms with E-state index in [4.69, 9.17) is 0 Å². The Morgan fingerprint density at radius 3 is 2.63 bits per heavy atom. The fourth-order valence-corrected chi connectivity index (χ4v) is 4.10. The molecule has 0 radical (unpaired) electrons. The highest BCUT2D eigenvalue weighted by Crippen LogP contribution is 2.30. The van der Waals surface area contributed by atoms with Crippen LogP contribution in [0, 0.1) is 13.1 Å². The topological polar surface area (TPSA) is 60.8 Å². The third-order valence-electron chi connectivity index (χ3n) is 3.35. The second-order valence-corrected chi connectivity index (χ2v) is 7.37. The lowest BCUT2D eigenvalue weighted by atomic mass is 9.82. The number of nitrogens with zero attached hydrogens (tertiary/aromatic N) is 1. The van der Waals surface area contributed by atoms with Crippen LogP contribution in [0.15, 0.2) is 12.1 Å². The van der Waals surface area contributed by atoms with Gasteiger partial charge in [0.1, 0.15) is 5.75 Å². The summed E-state index contributed by atoms with van der Waals surface area (Å²) in [5.74, 6) is 0.245. The fraction of sp³-hybridized carbons (Fsp3) is 0.462. The summed E-state index contributed by atoms with van der Waals surface area (Å²) < 4.78 is 1.61. The van der Waals surface area contributed by atoms with E-state index in [-0.39, 0.29) is 17.8 Å². The summed E-state index contributed by atoms with van der Waals surface area (Å²) in [5, 5.41) is 19.2. The summed E-state index contributed by atoms with van der Waals surface area (Å²) in [6, 6.07) is 3.53. The van der Waals surface area contributed by atoms with Crippen LogP contribution in [0.4, 0.5) is 0 Å². The molecule has 1 aliphatic carbocycles. The number of hydrogen-bond donors (Lipinski definition) is 2. The number of halogens is 2. The van der Waals surface area contributed by atoms with Gasteiger partial charge in [-0.05, 0) is 76.1 Å². The molecule has 1 fully saturated rings. The minimum absolute atomic E-state index is 0.0477. The average Bonchev–Trinajstić information content (AvgIpc) is 2.30. The molecule has 0 heterocycles. The van der Waals surface area contributed by atoms with E-state index in [1.54, 1.807) is 18.0 Å². The number of phenolic OH excluding ortho intramolecular Hbond substituents is 1. The monoisotopic (exact) mass is 487 g/mol. The third-order valence-corrected chi connectivity index (χ3v) is 4.79. The van der Waals surface area contributed by atoms with Crippen molar-refractivity contribution in [3.05, 3.63) is 24.8 Å². The van der Waals surface area contributed by atoms with E-state index in [0.29, 0.717) is 21.6 Å². The molecule has 2 N–H and O–H groups in total. The molecule has 1 saturated carbocycles. The van der Waals surface area contributed by atoms with Crippen LogP contribution in [0.2, 0.25) is 0 Å². The second-order valence-electron chi connectivity index (χ2n) is 4.96. The third kappa shape index (κ3) is 3.52. The normalized spacial score (nSPS) is 21.9. The van der Waals surface area contributed by atoms with Gasteiger partial charge in [-0.2, -0.15) is 0 Å². The number of aliphatic hydroxyl groups is 1. The van der Waals surface area contributed by atoms with Crippen molar-refractivity contribution >= 4 is 51.1 Å². The Kier molecular flexibility index (Phi) is 4.93. The predicted octanol–water partition coefficient (Wildman–Crippen LogP) is 2.44. The van der Waals surface area contributed by atoms with Gasteiger partial charge in [0, 0.05) is 17.2 Å². The Morgan fingerprint density at radius 1 is 1.42 bits per heavy atom. The van der Waals surface area contributed by atoms with Crippen molar-refractivity contribution in [2.24, 2.45) is 5.92 Å². The van der Waals surface area contributed by atoms with E-state index >= 15 is 0 Å². The van der Waals surface area contributed by atoms with Crippen molar-refractivity contribution in [3.63, 3.8) is 0 Å². The molecule has 0 aliphatic heterocycles. The number of aliphatic hydroxyl groups excluding tert-OH is 1. The Hall–Kier alpha value is -0.0900. The summed E-state index contributed by atoms with van der Waals surface area (Å²) in [6.07, 6.45) is 1.31. The largest absolute Gasteiger partial charge is 0.506 e. The predicted molar refractivity (Wildman–Crippen MR) is 89.2 cm³/mol. The van der Waals surface area contributed by atoms with E-state index in [1.165, 1.54) is 0 Å². The maximum Gasteiger partial charge on any atom is 0.257 e. The lowest BCUT2D eigenvalue weighted by Gasteiger charge is -2.34. The zero-order chi connectivity index (χ0) is 14.2. The minimum atomic E-state index is -0.208. The molecule has 1 aromatic rings. The summed E-state index contributed by atoms with van der Waals surface area (Å²) in [5.41, 5.74) is 0.346. The standard InChI is InChI=1S/C13H15I2NO3/c1-16(6-7-2-9(17)3-7)13(19)10-4-8(14)5-11(15)12(10)18/h4-5,7,9,17-18H,2-3,6H2,1H3. The zero-order valence-electron chi connectivity index (χ0n) is 10.4. The van der Waals surface area contributed by atoms with Gasteiger partial charge >= 0.3 is 0 Å². The maximum absolute atomic E-state index is 12.3. The summed E-state index contributed by atoms with van der Waals surface area (Å²) in [7, 11) is 1.74. The fourth-order valence-electron chi connectivity index (χ4n) is 2.25. The number of carbonyl (C=O) groups excluding carboxylic acids is 1. The molecule has 19 heavy (non-hydrogen) atoms. The first-order valence-electron chi connectivity index (χ1n) is 6.00. The Morgan fingerprint density at radius 2 is 2.05 bits per heavy atom. The molecule has 1 amide bonds. The molecule has 2 rings (SSSR count). The van der Waals surface area contributed by atoms with E-state index < -0.39 is 0 Å². The van der Waals surface area contributed by atoms with Crippen LogP contribution in [-0.2, 0) is 0 Å². The number of benzene rings is 1. The number of hydrogen-bond acceptors (Lipinski definition) is 3. The maximum atomic E-state index is 12.3. The molecule has 0 bridgehead atoms. The highest BCUT2D eigenvalue weighted by Gasteiger charge is 2.30. The molecule has 0 atom stereocenters. The van der Waals surface area contributed by atoms with Crippen LogP contribution in [0.5, 0.6) is 5.75 Å². The lowest BCUT2D eigenvalue weighted by Crippen LogP contribution is -2.39. The van der Waals surface area contributed by atoms with E-state index in [1.807, 2.05) is 28.7 Å². The van der Waals surface area contributed by atoms with Crippen LogP contribution in [0.3, 0.4) is 0 Å². The molecule has 0 saturated heterocycles. The van der Waals surface area contributed by atoms with Gasteiger partial charge in [-0.1, -0.05) is 0 Å². The second kappa shape index (κ2) is 6.13. The number of aromatic hydroxyl groups is 1. The van der Waals surface area contributed by atoms with Crippen molar-refractivity contribution in [1.82, 2.24) is 4.90 Å². The summed E-state index contributed by atoms with van der Waals surface area (Å²) in [4.78, 5) is 13.9. The molecule has 6 heteroatoms. The van der Waals surface area contributed by atoms with Gasteiger partial charge in [0.15, 0.2) is 0 Å². The van der Waals surface area contributed by atoms with Crippen molar-refractivity contribution < 1.29 is 15.0 Å². The number of carbonyl (C=O) groups is 1. The number of phenols is 1. The molecule has 0 aromatic heterocycles. The highest BCUT2D eigenvalue weighted by molar-refractivity contribution is 14.1. The Labute approximate surface area is 139 Å². The smallest absolute Gasteiger partial charge is 0.257 e. The van der Waals surface area contributed by atoms with E-state index in [2.05, 4.69) is 22.6 Å². The van der Waals surface area contributed by atoms with Crippen molar-refractivity contribution in [2.75, 3.05) is 13.6 Å². The molecule has 104 valence electrons. The van der Waals surface area contributed by atoms with Crippen LogP contribution in [0.25, 0.3) is 0 Å². The van der Waals surface area contributed by atoms with E-state index in [0.717, 1.165) is 16.4 Å².